The van der Waals surface area contributed by atoms with Gasteiger partial charge >= 0.3 is 0 Å². The maximum absolute atomic E-state index is 5.57. The van der Waals surface area contributed by atoms with Crippen LogP contribution in [0.25, 0.3) is 0 Å². The van der Waals surface area contributed by atoms with Crippen LogP contribution < -0.4 is 11.1 Å². The molecule has 0 bridgehead atoms. The van der Waals surface area contributed by atoms with Crippen molar-refractivity contribution < 1.29 is 0 Å². The van der Waals surface area contributed by atoms with E-state index in [0.29, 0.717) is 11.9 Å². The van der Waals surface area contributed by atoms with E-state index >= 15 is 0 Å². The third-order valence-electron chi connectivity index (χ3n) is 2.20. The molecule has 4 nitrogen and oxygen atoms in total. The summed E-state index contributed by atoms with van der Waals surface area (Å²) in [5.41, 5.74) is 5.57. The molecule has 1 unspecified atom stereocenters. The lowest BCUT2D eigenvalue weighted by Crippen LogP contribution is -2.26. The first-order valence-electron chi connectivity index (χ1n) is 4.76. The first-order chi connectivity index (χ1) is 6.84. The van der Waals surface area contributed by atoms with Crippen molar-refractivity contribution in [3.8, 4) is 0 Å². The van der Waals surface area contributed by atoms with E-state index in [9.17, 15) is 0 Å². The topological polar surface area (TPSA) is 63.8 Å². The molecule has 0 radical (unpaired) electrons. The van der Waals surface area contributed by atoms with Crippen LogP contribution in [0, 0.1) is 0 Å². The number of thioether (sulfide) groups is 1. The molecule has 0 amide bonds. The van der Waals surface area contributed by atoms with Gasteiger partial charge < -0.3 is 11.1 Å². The average Bonchev–Trinajstić information content (AvgIpc) is 2.19. The van der Waals surface area contributed by atoms with E-state index in [4.69, 9.17) is 5.73 Å². The van der Waals surface area contributed by atoms with Gasteiger partial charge in [0, 0.05) is 17.9 Å². The second-order valence-electron chi connectivity index (χ2n) is 3.39. The number of rotatable bonds is 2. The van der Waals surface area contributed by atoms with Crippen molar-refractivity contribution in [2.45, 2.75) is 18.9 Å². The van der Waals surface area contributed by atoms with E-state index in [1.165, 1.54) is 24.9 Å². The molecule has 1 aromatic heterocycles. The maximum atomic E-state index is 5.57. The van der Waals surface area contributed by atoms with Crippen LogP contribution in [0.1, 0.15) is 12.8 Å². The van der Waals surface area contributed by atoms with Gasteiger partial charge in [-0.3, -0.25) is 0 Å². The first-order valence-corrected chi connectivity index (χ1v) is 5.92. The van der Waals surface area contributed by atoms with Crippen LogP contribution in [0.15, 0.2) is 12.4 Å². The zero-order chi connectivity index (χ0) is 9.80. The lowest BCUT2D eigenvalue weighted by molar-refractivity contribution is 0.682. The van der Waals surface area contributed by atoms with Crippen molar-refractivity contribution in [2.24, 2.45) is 0 Å². The zero-order valence-electron chi connectivity index (χ0n) is 7.94. The Hall–Kier alpha value is -0.970. The van der Waals surface area contributed by atoms with Crippen LogP contribution in [0.5, 0.6) is 0 Å². The first kappa shape index (κ1) is 9.58. The van der Waals surface area contributed by atoms with Crippen LogP contribution >= 0.6 is 11.8 Å². The predicted octanol–water partition coefficient (Wildman–Crippen LogP) is 1.37. The Morgan fingerprint density at radius 1 is 1.50 bits per heavy atom. The fourth-order valence-corrected chi connectivity index (χ4v) is 2.59. The molecule has 0 saturated carbocycles. The zero-order valence-corrected chi connectivity index (χ0v) is 8.76. The number of hydrogen-bond acceptors (Lipinski definition) is 5. The summed E-state index contributed by atoms with van der Waals surface area (Å²) < 4.78 is 0. The molecule has 0 spiro atoms. The normalized spacial score (nSPS) is 21.9. The van der Waals surface area contributed by atoms with Crippen molar-refractivity contribution in [3.05, 3.63) is 12.4 Å². The molecular formula is C9H14N4S. The van der Waals surface area contributed by atoms with E-state index < -0.39 is 0 Å². The quantitative estimate of drug-likeness (QED) is 0.771. The van der Waals surface area contributed by atoms with Gasteiger partial charge in [-0.15, -0.1) is 0 Å². The van der Waals surface area contributed by atoms with Crippen molar-refractivity contribution >= 4 is 23.4 Å². The average molecular weight is 210 g/mol. The van der Waals surface area contributed by atoms with E-state index in [2.05, 4.69) is 15.3 Å². The Bertz CT molecular complexity index is 299. The minimum Gasteiger partial charge on any atom is -0.384 e. The van der Waals surface area contributed by atoms with E-state index in [1.807, 2.05) is 11.8 Å². The largest absolute Gasteiger partial charge is 0.384 e. The van der Waals surface area contributed by atoms with Gasteiger partial charge in [0.15, 0.2) is 0 Å². The molecule has 76 valence electrons. The summed E-state index contributed by atoms with van der Waals surface area (Å²) in [7, 11) is 0. The molecule has 2 heterocycles. The second kappa shape index (κ2) is 4.50. The highest BCUT2D eigenvalue weighted by atomic mass is 32.2. The van der Waals surface area contributed by atoms with Gasteiger partial charge in [-0.2, -0.15) is 11.8 Å². The highest BCUT2D eigenvalue weighted by molar-refractivity contribution is 7.99. The fraction of sp³-hybridized carbons (Fsp3) is 0.556. The molecule has 14 heavy (non-hydrogen) atoms. The van der Waals surface area contributed by atoms with Gasteiger partial charge in [0.05, 0.1) is 0 Å². The summed E-state index contributed by atoms with van der Waals surface area (Å²) in [6.45, 7) is 0. The summed E-state index contributed by atoms with van der Waals surface area (Å²) in [6.07, 6.45) is 3.99. The van der Waals surface area contributed by atoms with Gasteiger partial charge in [0.1, 0.15) is 18.0 Å². The van der Waals surface area contributed by atoms with Crippen molar-refractivity contribution in [3.63, 3.8) is 0 Å². The van der Waals surface area contributed by atoms with Crippen molar-refractivity contribution in [1.82, 2.24) is 9.97 Å². The van der Waals surface area contributed by atoms with Crippen LogP contribution in [0.4, 0.5) is 11.6 Å². The van der Waals surface area contributed by atoms with Crippen LogP contribution in [0.2, 0.25) is 0 Å². The predicted molar refractivity (Wildman–Crippen MR) is 60.4 cm³/mol. The summed E-state index contributed by atoms with van der Waals surface area (Å²) in [5, 5.41) is 3.37. The van der Waals surface area contributed by atoms with Gasteiger partial charge in [0.25, 0.3) is 0 Å². The van der Waals surface area contributed by atoms with Gasteiger partial charge in [-0.1, -0.05) is 0 Å². The molecule has 2 rings (SSSR count). The van der Waals surface area contributed by atoms with Crippen molar-refractivity contribution in [1.29, 1.82) is 0 Å². The lowest BCUT2D eigenvalue weighted by Gasteiger charge is -2.22. The molecule has 0 aromatic carbocycles. The highest BCUT2D eigenvalue weighted by Gasteiger charge is 2.13. The summed E-state index contributed by atoms with van der Waals surface area (Å²) >= 11 is 1.99. The molecule has 5 heteroatoms. The second-order valence-corrected chi connectivity index (χ2v) is 4.54. The SMILES string of the molecule is Nc1cc(NC2CCCSC2)ncn1. The van der Waals surface area contributed by atoms with Gasteiger partial charge in [0.2, 0.25) is 0 Å². The number of nitrogen functional groups attached to an aromatic ring is 1. The molecule has 1 aliphatic heterocycles. The standard InChI is InChI=1S/C9H14N4S/c10-8-4-9(12-6-11-8)13-7-2-1-3-14-5-7/h4,6-7H,1-3,5H2,(H3,10,11,12,13). The number of hydrogen-bond donors (Lipinski definition) is 2. The molecule has 3 N–H and O–H groups in total. The van der Waals surface area contributed by atoms with Gasteiger partial charge in [-0.05, 0) is 18.6 Å². The number of nitrogens with one attached hydrogen (secondary N) is 1. The Balaban J connectivity index is 1.95. The Labute approximate surface area is 87.7 Å². The van der Waals surface area contributed by atoms with Crippen molar-refractivity contribution in [2.75, 3.05) is 22.6 Å². The van der Waals surface area contributed by atoms with E-state index in [1.54, 1.807) is 6.07 Å². The minimum atomic E-state index is 0.519. The third kappa shape index (κ3) is 2.51. The maximum Gasteiger partial charge on any atom is 0.131 e. The highest BCUT2D eigenvalue weighted by Crippen LogP contribution is 2.20. The van der Waals surface area contributed by atoms with Crippen LogP contribution in [-0.2, 0) is 0 Å². The van der Waals surface area contributed by atoms with E-state index in [-0.39, 0.29) is 0 Å². The Kier molecular flexibility index (Phi) is 3.08. The lowest BCUT2D eigenvalue weighted by atomic mass is 10.2. The third-order valence-corrected chi connectivity index (χ3v) is 3.42. The summed E-state index contributed by atoms with van der Waals surface area (Å²) in [6, 6.07) is 2.31. The molecule has 1 aromatic rings. The van der Waals surface area contributed by atoms with Crippen LogP contribution in [0.3, 0.4) is 0 Å². The number of nitrogens with zero attached hydrogens (tertiary/aromatic N) is 2. The molecule has 0 aliphatic carbocycles. The number of anilines is 2. The molecule has 1 aliphatic rings. The minimum absolute atomic E-state index is 0.519. The number of nitrogens with two attached hydrogens (primary N) is 1. The monoisotopic (exact) mass is 210 g/mol. The van der Waals surface area contributed by atoms with Crippen LogP contribution in [-0.4, -0.2) is 27.5 Å². The molecule has 1 fully saturated rings. The Morgan fingerprint density at radius 3 is 3.14 bits per heavy atom. The summed E-state index contributed by atoms with van der Waals surface area (Å²) in [4.78, 5) is 7.98. The smallest absolute Gasteiger partial charge is 0.131 e. The fourth-order valence-electron chi connectivity index (χ4n) is 1.51. The molecule has 1 saturated heterocycles. The Morgan fingerprint density at radius 2 is 2.43 bits per heavy atom. The van der Waals surface area contributed by atoms with E-state index in [0.717, 1.165) is 11.6 Å². The number of aromatic nitrogens is 2. The summed E-state index contributed by atoms with van der Waals surface area (Å²) in [5.74, 6) is 3.80. The van der Waals surface area contributed by atoms with Gasteiger partial charge in [-0.25, -0.2) is 9.97 Å². The molecular weight excluding hydrogens is 196 g/mol. The molecule has 1 atom stereocenters.